The minimum absolute atomic E-state index is 0.628. The van der Waals surface area contributed by atoms with Crippen molar-refractivity contribution in [3.8, 4) is 0 Å². The normalized spacial score (nSPS) is 27.6. The van der Waals surface area contributed by atoms with Crippen LogP contribution in [-0.4, -0.2) is 12.3 Å². The molecule has 3 aromatic carbocycles. The Labute approximate surface area is 143 Å². The third kappa shape index (κ3) is 1.62. The van der Waals surface area contributed by atoms with Crippen LogP contribution in [0.25, 0.3) is 0 Å². The quantitative estimate of drug-likeness (QED) is 0.662. The van der Waals surface area contributed by atoms with Crippen LogP contribution < -0.4 is 15.9 Å². The van der Waals surface area contributed by atoms with Gasteiger partial charge >= 0.3 is 143 Å². The second-order valence-electron chi connectivity index (χ2n) is 6.97. The summed E-state index contributed by atoms with van der Waals surface area (Å²) in [6.07, 6.45) is 1.29. The average molecular weight is 332 g/mol. The fraction of sp³-hybridized carbons (Fsp3) is 0.182. The zero-order valence-corrected chi connectivity index (χ0v) is 14.5. The molecule has 2 fully saturated rings. The van der Waals surface area contributed by atoms with Gasteiger partial charge in [0.1, 0.15) is 0 Å². The monoisotopic (exact) mass is 332 g/mol. The molecule has 2 atom stereocenters. The van der Waals surface area contributed by atoms with Crippen molar-refractivity contribution >= 4 is 22.7 Å². The van der Waals surface area contributed by atoms with Gasteiger partial charge in [0.05, 0.1) is 0 Å². The molecule has 1 unspecified atom stereocenters. The van der Waals surface area contributed by atoms with E-state index in [0.717, 1.165) is 6.61 Å². The molecule has 0 N–H and O–H groups in total. The van der Waals surface area contributed by atoms with Crippen LogP contribution in [0.3, 0.4) is 0 Å². The molecular formula is C22H21OP. The summed E-state index contributed by atoms with van der Waals surface area (Å²) < 4.78 is 6.98. The summed E-state index contributed by atoms with van der Waals surface area (Å²) in [5.41, 5.74) is 0.628. The summed E-state index contributed by atoms with van der Waals surface area (Å²) in [6.45, 7) is -1.96. The van der Waals surface area contributed by atoms with Gasteiger partial charge in [-0.1, -0.05) is 0 Å². The van der Waals surface area contributed by atoms with Gasteiger partial charge in [-0.25, -0.2) is 0 Å². The van der Waals surface area contributed by atoms with E-state index in [1.807, 2.05) is 0 Å². The fourth-order valence-corrected chi connectivity index (χ4v) is 11.8. The zero-order valence-electron chi connectivity index (χ0n) is 13.6. The first-order chi connectivity index (χ1) is 11.9. The Morgan fingerprint density at radius 1 is 0.625 bits per heavy atom. The van der Waals surface area contributed by atoms with Crippen molar-refractivity contribution in [3.63, 3.8) is 0 Å². The molecule has 120 valence electrons. The van der Waals surface area contributed by atoms with Gasteiger partial charge in [0, 0.05) is 0 Å². The molecule has 1 heterocycles. The van der Waals surface area contributed by atoms with Crippen LogP contribution in [0.5, 0.6) is 0 Å². The molecular weight excluding hydrogens is 311 g/mol. The topological polar surface area (TPSA) is 9.23 Å². The van der Waals surface area contributed by atoms with E-state index in [1.54, 1.807) is 0 Å². The van der Waals surface area contributed by atoms with Crippen LogP contribution in [0.15, 0.2) is 91.0 Å². The number of hydrogen-bond acceptors (Lipinski definition) is 1. The van der Waals surface area contributed by atoms with Gasteiger partial charge in [-0.05, 0) is 0 Å². The third-order valence-corrected chi connectivity index (χ3v) is 12.4. The molecule has 0 amide bonds. The van der Waals surface area contributed by atoms with Crippen LogP contribution >= 0.6 is 6.83 Å². The van der Waals surface area contributed by atoms with Crippen molar-refractivity contribution in [2.45, 2.75) is 12.1 Å². The Kier molecular flexibility index (Phi) is 3.01. The van der Waals surface area contributed by atoms with Gasteiger partial charge in [0.2, 0.25) is 0 Å². The van der Waals surface area contributed by atoms with Crippen molar-refractivity contribution in [1.82, 2.24) is 0 Å². The molecule has 1 aliphatic carbocycles. The Hall–Kier alpha value is -1.95. The molecule has 5 rings (SSSR count). The van der Waals surface area contributed by atoms with Gasteiger partial charge in [0.25, 0.3) is 0 Å². The van der Waals surface area contributed by atoms with Crippen molar-refractivity contribution in [2.24, 2.45) is 5.92 Å². The van der Waals surface area contributed by atoms with Gasteiger partial charge in [-0.3, -0.25) is 0 Å². The summed E-state index contributed by atoms with van der Waals surface area (Å²) in [6, 6.07) is 33.0. The third-order valence-electron chi connectivity index (χ3n) is 5.88. The molecule has 1 saturated carbocycles. The van der Waals surface area contributed by atoms with Gasteiger partial charge < -0.3 is 0 Å². The van der Waals surface area contributed by atoms with Gasteiger partial charge in [0.15, 0.2) is 0 Å². The SMILES string of the molecule is c1ccc(P2(c3ccccc3)(c3ccccc3)OC[C@@H]3CC32)cc1. The number of benzene rings is 3. The number of hydrogen-bond donors (Lipinski definition) is 0. The van der Waals surface area contributed by atoms with Crippen molar-refractivity contribution < 1.29 is 4.52 Å². The summed E-state index contributed by atoms with van der Waals surface area (Å²) in [5.74, 6) is 0.711. The maximum absolute atomic E-state index is 6.98. The molecule has 2 heteroatoms. The zero-order chi connectivity index (χ0) is 16.1. The van der Waals surface area contributed by atoms with Crippen LogP contribution in [0, 0.1) is 5.92 Å². The Morgan fingerprint density at radius 3 is 1.33 bits per heavy atom. The van der Waals surface area contributed by atoms with Gasteiger partial charge in [-0.15, -0.1) is 0 Å². The van der Waals surface area contributed by atoms with E-state index in [2.05, 4.69) is 91.0 Å². The van der Waals surface area contributed by atoms with E-state index >= 15 is 0 Å². The molecule has 1 aliphatic heterocycles. The van der Waals surface area contributed by atoms with E-state index in [1.165, 1.54) is 22.3 Å². The van der Waals surface area contributed by atoms with Crippen molar-refractivity contribution in [1.29, 1.82) is 0 Å². The first-order valence-electron chi connectivity index (χ1n) is 8.69. The summed E-state index contributed by atoms with van der Waals surface area (Å²) in [5, 5.41) is 4.14. The summed E-state index contributed by atoms with van der Waals surface area (Å²) >= 11 is 0. The molecule has 24 heavy (non-hydrogen) atoms. The molecule has 0 spiro atoms. The average Bonchev–Trinajstić information content (AvgIpc) is 3.39. The van der Waals surface area contributed by atoms with E-state index < -0.39 is 6.83 Å². The maximum atomic E-state index is 6.98. The first-order valence-corrected chi connectivity index (χ1v) is 10.9. The van der Waals surface area contributed by atoms with Crippen LogP contribution in [0.2, 0.25) is 0 Å². The minimum atomic E-state index is -2.85. The molecule has 0 radical (unpaired) electrons. The molecule has 0 aromatic heterocycles. The predicted molar refractivity (Wildman–Crippen MR) is 103 cm³/mol. The Morgan fingerprint density at radius 2 is 1.04 bits per heavy atom. The fourth-order valence-electron chi connectivity index (χ4n) is 4.78. The molecule has 3 aromatic rings. The number of fused-ring (bicyclic) bond motifs is 1. The van der Waals surface area contributed by atoms with Crippen LogP contribution in [0.4, 0.5) is 0 Å². The van der Waals surface area contributed by atoms with Crippen LogP contribution in [-0.2, 0) is 4.52 Å². The summed E-state index contributed by atoms with van der Waals surface area (Å²) in [4.78, 5) is 0. The predicted octanol–water partition coefficient (Wildman–Crippen LogP) is 3.85. The Balaban J connectivity index is 1.94. The first kappa shape index (κ1) is 14.4. The van der Waals surface area contributed by atoms with E-state index in [-0.39, 0.29) is 0 Å². The van der Waals surface area contributed by atoms with Crippen LogP contribution in [0.1, 0.15) is 6.42 Å². The molecule has 1 saturated heterocycles. The second kappa shape index (κ2) is 5.02. The Bertz CT molecular complexity index is 761. The number of rotatable bonds is 3. The van der Waals surface area contributed by atoms with E-state index in [4.69, 9.17) is 4.52 Å². The molecule has 1 nitrogen and oxygen atoms in total. The summed E-state index contributed by atoms with van der Waals surface area (Å²) in [7, 11) is 0. The van der Waals surface area contributed by atoms with Crippen molar-refractivity contribution in [3.05, 3.63) is 91.0 Å². The molecule has 0 bridgehead atoms. The van der Waals surface area contributed by atoms with E-state index in [0.29, 0.717) is 11.6 Å². The molecule has 2 aliphatic rings. The van der Waals surface area contributed by atoms with Crippen molar-refractivity contribution in [2.75, 3.05) is 6.61 Å². The second-order valence-corrected chi connectivity index (χ2v) is 11.6. The standard InChI is InChI=1S/C22H21OP/c1-4-10-19(11-5-1)24(20-12-6-2-7-13-20,21-14-8-3-9-15-21)22-16-18(22)17-23-24/h1-15,18,22H,16-17H2/t18-,22?/m0/s1. The van der Waals surface area contributed by atoms with Gasteiger partial charge in [-0.2, -0.15) is 0 Å². The van der Waals surface area contributed by atoms with E-state index in [9.17, 15) is 0 Å².